The van der Waals surface area contributed by atoms with E-state index in [0.717, 1.165) is 17.3 Å². The number of hydrogen-bond acceptors (Lipinski definition) is 2. The van der Waals surface area contributed by atoms with Gasteiger partial charge in [-0.1, -0.05) is 59.1 Å². The number of halogens is 1. The summed E-state index contributed by atoms with van der Waals surface area (Å²) in [5, 5.41) is 5.70. The Bertz CT molecular complexity index is 753. The van der Waals surface area contributed by atoms with Crippen molar-refractivity contribution in [1.29, 1.82) is 0 Å². The van der Waals surface area contributed by atoms with E-state index >= 15 is 0 Å². The van der Waals surface area contributed by atoms with Crippen LogP contribution in [0.1, 0.15) is 41.6 Å². The summed E-state index contributed by atoms with van der Waals surface area (Å²) >= 11 is 3.34. The molecule has 26 heavy (non-hydrogen) atoms. The van der Waals surface area contributed by atoms with Gasteiger partial charge in [-0.2, -0.15) is 0 Å². The second-order valence-corrected chi connectivity index (χ2v) is 7.74. The number of carbonyl (C=O) groups is 2. The van der Waals surface area contributed by atoms with Crippen molar-refractivity contribution in [3.63, 3.8) is 0 Å². The first-order valence-corrected chi connectivity index (χ1v) is 9.74. The molecule has 1 saturated carbocycles. The molecule has 0 aromatic heterocycles. The molecule has 4 nitrogen and oxygen atoms in total. The summed E-state index contributed by atoms with van der Waals surface area (Å²) in [4.78, 5) is 24.3. The molecular formula is C21H23BrN2O2. The van der Waals surface area contributed by atoms with E-state index in [1.165, 1.54) is 18.4 Å². The van der Waals surface area contributed by atoms with Gasteiger partial charge in [-0.3, -0.25) is 9.59 Å². The summed E-state index contributed by atoms with van der Waals surface area (Å²) in [6.07, 6.45) is 4.54. The van der Waals surface area contributed by atoms with Gasteiger partial charge in [0.15, 0.2) is 0 Å². The highest BCUT2D eigenvalue weighted by atomic mass is 79.9. The SMILES string of the molecule is O=C(CNC(=O)c1ccc(Br)cc1)NCC1(c2ccccc2)CCCC1. The quantitative estimate of drug-likeness (QED) is 0.754. The zero-order valence-corrected chi connectivity index (χ0v) is 16.2. The third-order valence-electron chi connectivity index (χ3n) is 5.09. The van der Waals surface area contributed by atoms with Crippen LogP contribution in [0.4, 0.5) is 0 Å². The molecule has 2 aromatic rings. The van der Waals surface area contributed by atoms with E-state index in [4.69, 9.17) is 0 Å². The van der Waals surface area contributed by atoms with E-state index < -0.39 is 0 Å². The lowest BCUT2D eigenvalue weighted by Crippen LogP contribution is -2.43. The molecule has 2 N–H and O–H groups in total. The average Bonchev–Trinajstić information content (AvgIpc) is 3.16. The largest absolute Gasteiger partial charge is 0.354 e. The fourth-order valence-corrected chi connectivity index (χ4v) is 3.87. The smallest absolute Gasteiger partial charge is 0.251 e. The second-order valence-electron chi connectivity index (χ2n) is 6.82. The molecule has 0 radical (unpaired) electrons. The van der Waals surface area contributed by atoms with Gasteiger partial charge in [-0.05, 0) is 42.7 Å². The fourth-order valence-electron chi connectivity index (χ4n) is 3.61. The monoisotopic (exact) mass is 414 g/mol. The second kappa shape index (κ2) is 8.49. The van der Waals surface area contributed by atoms with Gasteiger partial charge < -0.3 is 10.6 Å². The third-order valence-corrected chi connectivity index (χ3v) is 5.62. The van der Waals surface area contributed by atoms with Crippen molar-refractivity contribution < 1.29 is 9.59 Å². The average molecular weight is 415 g/mol. The number of hydrogen-bond donors (Lipinski definition) is 2. The Morgan fingerprint density at radius 3 is 2.23 bits per heavy atom. The topological polar surface area (TPSA) is 58.2 Å². The summed E-state index contributed by atoms with van der Waals surface area (Å²) in [5.74, 6) is -0.399. The van der Waals surface area contributed by atoms with Crippen molar-refractivity contribution in [2.24, 2.45) is 0 Å². The first-order chi connectivity index (χ1) is 12.6. The molecule has 0 atom stereocenters. The summed E-state index contributed by atoms with van der Waals surface area (Å²) in [6.45, 7) is 0.601. The molecule has 5 heteroatoms. The predicted molar refractivity (Wildman–Crippen MR) is 106 cm³/mol. The highest BCUT2D eigenvalue weighted by Crippen LogP contribution is 2.40. The Morgan fingerprint density at radius 1 is 0.923 bits per heavy atom. The zero-order chi connectivity index (χ0) is 18.4. The van der Waals surface area contributed by atoms with Gasteiger partial charge in [-0.15, -0.1) is 0 Å². The Hall–Kier alpha value is -2.14. The van der Waals surface area contributed by atoms with Crippen LogP contribution < -0.4 is 10.6 Å². The van der Waals surface area contributed by atoms with Gasteiger partial charge in [0.05, 0.1) is 6.54 Å². The van der Waals surface area contributed by atoms with Gasteiger partial charge in [0, 0.05) is 22.0 Å². The van der Waals surface area contributed by atoms with Gasteiger partial charge in [-0.25, -0.2) is 0 Å². The minimum atomic E-state index is -0.244. The van der Waals surface area contributed by atoms with Crippen LogP contribution in [0.25, 0.3) is 0 Å². The zero-order valence-electron chi connectivity index (χ0n) is 14.6. The van der Waals surface area contributed by atoms with E-state index in [2.05, 4.69) is 50.8 Å². The van der Waals surface area contributed by atoms with E-state index in [0.29, 0.717) is 12.1 Å². The summed E-state index contributed by atoms with van der Waals surface area (Å²) < 4.78 is 0.912. The molecule has 1 fully saturated rings. The number of amides is 2. The van der Waals surface area contributed by atoms with Gasteiger partial charge in [0.25, 0.3) is 5.91 Å². The van der Waals surface area contributed by atoms with Crippen molar-refractivity contribution in [2.45, 2.75) is 31.1 Å². The maximum absolute atomic E-state index is 12.2. The Labute approximate surface area is 162 Å². The molecule has 2 amide bonds. The van der Waals surface area contributed by atoms with Crippen molar-refractivity contribution >= 4 is 27.7 Å². The highest BCUT2D eigenvalue weighted by molar-refractivity contribution is 9.10. The lowest BCUT2D eigenvalue weighted by Gasteiger charge is -2.30. The van der Waals surface area contributed by atoms with Crippen LogP contribution >= 0.6 is 15.9 Å². The Balaban J connectivity index is 1.53. The van der Waals surface area contributed by atoms with Crippen molar-refractivity contribution in [1.82, 2.24) is 10.6 Å². The van der Waals surface area contributed by atoms with E-state index in [1.54, 1.807) is 24.3 Å². The number of carbonyl (C=O) groups excluding carboxylic acids is 2. The molecule has 0 heterocycles. The molecule has 136 valence electrons. The molecule has 0 unspecified atom stereocenters. The molecule has 0 spiro atoms. The standard InChI is InChI=1S/C21H23BrN2O2/c22-18-10-8-16(9-11-18)20(26)23-14-19(25)24-15-21(12-4-5-13-21)17-6-2-1-3-7-17/h1-3,6-11H,4-5,12-15H2,(H,23,26)(H,24,25). The molecule has 2 aromatic carbocycles. The normalized spacial score (nSPS) is 15.4. The Morgan fingerprint density at radius 2 is 1.58 bits per heavy atom. The summed E-state index contributed by atoms with van der Waals surface area (Å²) in [7, 11) is 0. The van der Waals surface area contributed by atoms with Crippen LogP contribution in [-0.2, 0) is 10.2 Å². The highest BCUT2D eigenvalue weighted by Gasteiger charge is 2.35. The lowest BCUT2D eigenvalue weighted by atomic mass is 9.79. The Kier molecular flexibility index (Phi) is 6.09. The van der Waals surface area contributed by atoms with Crippen molar-refractivity contribution in [3.05, 3.63) is 70.2 Å². The fraction of sp³-hybridized carbons (Fsp3) is 0.333. The van der Waals surface area contributed by atoms with Gasteiger partial charge >= 0.3 is 0 Å². The van der Waals surface area contributed by atoms with Crippen LogP contribution in [0.2, 0.25) is 0 Å². The van der Waals surface area contributed by atoms with E-state index in [1.807, 2.05) is 6.07 Å². The van der Waals surface area contributed by atoms with Crippen molar-refractivity contribution in [2.75, 3.05) is 13.1 Å². The molecular weight excluding hydrogens is 392 g/mol. The maximum Gasteiger partial charge on any atom is 0.251 e. The lowest BCUT2D eigenvalue weighted by molar-refractivity contribution is -0.120. The molecule has 1 aliphatic carbocycles. The van der Waals surface area contributed by atoms with Gasteiger partial charge in [0.2, 0.25) is 5.91 Å². The van der Waals surface area contributed by atoms with Crippen LogP contribution in [0, 0.1) is 0 Å². The van der Waals surface area contributed by atoms with Crippen molar-refractivity contribution in [3.8, 4) is 0 Å². The predicted octanol–water partition coefficient (Wildman–Crippen LogP) is 3.81. The molecule has 0 saturated heterocycles. The minimum Gasteiger partial charge on any atom is -0.354 e. The van der Waals surface area contributed by atoms with Gasteiger partial charge in [0.1, 0.15) is 0 Å². The third kappa shape index (κ3) is 4.52. The maximum atomic E-state index is 12.2. The number of benzene rings is 2. The van der Waals surface area contributed by atoms with Crippen LogP contribution in [0.15, 0.2) is 59.1 Å². The minimum absolute atomic E-state index is 0.0141. The molecule has 0 aliphatic heterocycles. The number of rotatable bonds is 6. The first kappa shape index (κ1) is 18.6. The van der Waals surface area contributed by atoms with Crippen LogP contribution in [0.3, 0.4) is 0 Å². The molecule has 0 bridgehead atoms. The van der Waals surface area contributed by atoms with Crippen LogP contribution in [0.5, 0.6) is 0 Å². The first-order valence-electron chi connectivity index (χ1n) is 8.95. The summed E-state index contributed by atoms with van der Waals surface area (Å²) in [6, 6.07) is 17.5. The summed E-state index contributed by atoms with van der Waals surface area (Å²) in [5.41, 5.74) is 1.85. The number of nitrogens with one attached hydrogen (secondary N) is 2. The molecule has 3 rings (SSSR count). The molecule has 1 aliphatic rings. The van der Waals surface area contributed by atoms with E-state index in [9.17, 15) is 9.59 Å². The van der Waals surface area contributed by atoms with Crippen LogP contribution in [-0.4, -0.2) is 24.9 Å². The van der Waals surface area contributed by atoms with E-state index in [-0.39, 0.29) is 23.8 Å².